The molecule has 0 aliphatic rings. The number of aromatic nitrogens is 2. The number of sulfone groups is 1. The summed E-state index contributed by atoms with van der Waals surface area (Å²) in [5.74, 6) is -1.75. The normalized spacial score (nSPS) is 12.6. The molecule has 0 radical (unpaired) electrons. The molecule has 1 amide bonds. The van der Waals surface area contributed by atoms with E-state index in [0.29, 0.717) is 5.56 Å². The highest BCUT2D eigenvalue weighted by molar-refractivity contribution is 7.92. The van der Waals surface area contributed by atoms with Crippen molar-refractivity contribution in [3.8, 4) is 0 Å². The van der Waals surface area contributed by atoms with E-state index in [-0.39, 0.29) is 12.2 Å². The first-order valence-corrected chi connectivity index (χ1v) is 10.1. The molecular weight excluding hydrogens is 389 g/mol. The van der Waals surface area contributed by atoms with Crippen LogP contribution < -0.4 is 11.2 Å². The van der Waals surface area contributed by atoms with Crippen molar-refractivity contribution in [1.82, 2.24) is 14.0 Å². The lowest BCUT2D eigenvalue weighted by atomic mass is 10.2. The number of benzene rings is 1. The molecule has 2 rings (SSSR count). The number of rotatable bonds is 6. The number of carbonyl (C=O) groups excluding carboxylic acids is 1. The van der Waals surface area contributed by atoms with E-state index in [1.54, 1.807) is 6.07 Å². The van der Waals surface area contributed by atoms with E-state index in [1.165, 1.54) is 51.2 Å². The maximum absolute atomic E-state index is 13.3. The van der Waals surface area contributed by atoms with Crippen LogP contribution in [-0.2, 0) is 41.0 Å². The van der Waals surface area contributed by atoms with Crippen LogP contribution in [-0.4, -0.2) is 40.7 Å². The van der Waals surface area contributed by atoms with E-state index in [2.05, 4.69) is 0 Å². The van der Waals surface area contributed by atoms with Crippen LogP contribution in [0, 0.1) is 5.82 Å². The van der Waals surface area contributed by atoms with Crippen LogP contribution in [0.15, 0.2) is 39.9 Å². The van der Waals surface area contributed by atoms with Crippen LogP contribution in [0.5, 0.6) is 0 Å². The molecule has 0 spiro atoms. The average Bonchev–Trinajstić information content (AvgIpc) is 2.62. The molecule has 0 aliphatic carbocycles. The quantitative estimate of drug-likeness (QED) is 0.676. The Hall–Kier alpha value is -2.75. The average molecular weight is 411 g/mol. The molecule has 0 saturated carbocycles. The van der Waals surface area contributed by atoms with E-state index in [0.717, 1.165) is 15.2 Å². The van der Waals surface area contributed by atoms with E-state index in [1.807, 2.05) is 0 Å². The first-order valence-electron chi connectivity index (χ1n) is 8.41. The van der Waals surface area contributed by atoms with Crippen molar-refractivity contribution in [1.29, 1.82) is 0 Å². The van der Waals surface area contributed by atoms with Gasteiger partial charge < -0.3 is 4.90 Å². The maximum Gasteiger partial charge on any atom is 0.330 e. The third-order valence-corrected chi connectivity index (χ3v) is 6.52. The molecule has 0 fully saturated rings. The lowest BCUT2D eigenvalue weighted by Crippen LogP contribution is -2.41. The standard InChI is InChI=1S/C18H22FN3O5S/c1-12(17(24)20(2)10-13-6-5-7-14(19)8-13)28(26,27)11-15-9-16(23)22(4)18(25)21(15)3/h5-9,12H,10-11H2,1-4H3/t12-/m1/s1. The zero-order chi connectivity index (χ0) is 21.2. The summed E-state index contributed by atoms with van der Waals surface area (Å²) in [7, 11) is 0.0683. The van der Waals surface area contributed by atoms with Gasteiger partial charge in [0.15, 0.2) is 9.84 Å². The minimum Gasteiger partial charge on any atom is -0.340 e. The van der Waals surface area contributed by atoms with Gasteiger partial charge in [0, 0.05) is 39.4 Å². The molecule has 28 heavy (non-hydrogen) atoms. The van der Waals surface area contributed by atoms with Gasteiger partial charge in [-0.1, -0.05) is 12.1 Å². The molecule has 0 bridgehead atoms. The van der Waals surface area contributed by atoms with E-state index < -0.39 is 43.8 Å². The van der Waals surface area contributed by atoms with E-state index >= 15 is 0 Å². The van der Waals surface area contributed by atoms with Gasteiger partial charge in [-0.05, 0) is 24.6 Å². The summed E-state index contributed by atoms with van der Waals surface area (Å²) in [4.78, 5) is 37.5. The zero-order valence-electron chi connectivity index (χ0n) is 16.0. The predicted molar refractivity (Wildman–Crippen MR) is 102 cm³/mol. The van der Waals surface area contributed by atoms with Gasteiger partial charge in [0.2, 0.25) is 5.91 Å². The second-order valence-electron chi connectivity index (χ2n) is 6.65. The fourth-order valence-corrected chi connectivity index (χ4v) is 4.13. The number of hydrogen-bond donors (Lipinski definition) is 0. The van der Waals surface area contributed by atoms with Crippen molar-refractivity contribution in [3.63, 3.8) is 0 Å². The molecule has 1 aromatic carbocycles. The number of halogens is 1. The predicted octanol–water partition coefficient (Wildman–Crippen LogP) is 0.185. The number of amides is 1. The van der Waals surface area contributed by atoms with Crippen molar-refractivity contribution in [3.05, 3.63) is 68.2 Å². The highest BCUT2D eigenvalue weighted by Crippen LogP contribution is 2.14. The summed E-state index contributed by atoms with van der Waals surface area (Å²) < 4.78 is 40.6. The molecule has 8 nitrogen and oxygen atoms in total. The summed E-state index contributed by atoms with van der Waals surface area (Å²) >= 11 is 0. The zero-order valence-corrected chi connectivity index (χ0v) is 16.9. The minimum atomic E-state index is -4.00. The Bertz CT molecular complexity index is 1120. The SMILES string of the molecule is C[C@H](C(=O)N(C)Cc1cccc(F)c1)S(=O)(=O)Cc1cc(=O)n(C)c(=O)n1C. The van der Waals surface area contributed by atoms with Gasteiger partial charge in [0.1, 0.15) is 11.1 Å². The fraction of sp³-hybridized carbons (Fsp3) is 0.389. The summed E-state index contributed by atoms with van der Waals surface area (Å²) in [5.41, 5.74) is -0.759. The third-order valence-electron chi connectivity index (χ3n) is 4.55. The maximum atomic E-state index is 13.3. The van der Waals surface area contributed by atoms with Crippen molar-refractivity contribution in [2.75, 3.05) is 7.05 Å². The van der Waals surface area contributed by atoms with E-state index in [4.69, 9.17) is 0 Å². The molecule has 152 valence electrons. The Kier molecular flexibility index (Phi) is 6.23. The molecule has 0 saturated heterocycles. The Morgan fingerprint density at radius 3 is 2.43 bits per heavy atom. The number of nitrogens with zero attached hydrogens (tertiary/aromatic N) is 3. The summed E-state index contributed by atoms with van der Waals surface area (Å²) in [5, 5.41) is -1.40. The van der Waals surface area contributed by atoms with Gasteiger partial charge in [0.05, 0.1) is 5.75 Å². The smallest absolute Gasteiger partial charge is 0.330 e. The second kappa shape index (κ2) is 8.09. The first-order chi connectivity index (χ1) is 12.9. The molecule has 1 atom stereocenters. The van der Waals surface area contributed by atoms with Gasteiger partial charge in [-0.15, -0.1) is 0 Å². The summed E-state index contributed by atoms with van der Waals surface area (Å²) in [6.07, 6.45) is 0. The highest BCUT2D eigenvalue weighted by atomic mass is 32.2. The summed E-state index contributed by atoms with van der Waals surface area (Å²) in [6.45, 7) is 1.29. The fourth-order valence-electron chi connectivity index (χ4n) is 2.70. The van der Waals surface area contributed by atoms with Crippen LogP contribution in [0.3, 0.4) is 0 Å². The lowest BCUT2D eigenvalue weighted by Gasteiger charge is -2.22. The van der Waals surface area contributed by atoms with Crippen LogP contribution in [0.25, 0.3) is 0 Å². The Morgan fingerprint density at radius 1 is 1.18 bits per heavy atom. The molecule has 0 aliphatic heterocycles. The Labute approximate surface area is 161 Å². The van der Waals surface area contributed by atoms with Crippen molar-refractivity contribution >= 4 is 15.7 Å². The molecule has 1 aromatic heterocycles. The van der Waals surface area contributed by atoms with Gasteiger partial charge in [-0.2, -0.15) is 0 Å². The van der Waals surface area contributed by atoms with Crippen LogP contribution in [0.4, 0.5) is 4.39 Å². The monoisotopic (exact) mass is 411 g/mol. The third kappa shape index (κ3) is 4.56. The van der Waals surface area contributed by atoms with Gasteiger partial charge >= 0.3 is 5.69 Å². The van der Waals surface area contributed by atoms with Crippen LogP contribution >= 0.6 is 0 Å². The molecule has 0 N–H and O–H groups in total. The van der Waals surface area contributed by atoms with Gasteiger partial charge in [0.25, 0.3) is 5.56 Å². The molecule has 1 heterocycles. The molecular formula is C18H22FN3O5S. The molecule has 0 unspecified atom stereocenters. The van der Waals surface area contributed by atoms with Crippen molar-refractivity contribution in [2.45, 2.75) is 24.5 Å². The van der Waals surface area contributed by atoms with Crippen LogP contribution in [0.1, 0.15) is 18.2 Å². The Morgan fingerprint density at radius 2 is 1.82 bits per heavy atom. The van der Waals surface area contributed by atoms with Gasteiger partial charge in [-0.3, -0.25) is 18.7 Å². The van der Waals surface area contributed by atoms with Crippen LogP contribution in [0.2, 0.25) is 0 Å². The first kappa shape index (κ1) is 21.5. The molecule has 2 aromatic rings. The van der Waals surface area contributed by atoms with Crippen molar-refractivity contribution in [2.24, 2.45) is 14.1 Å². The highest BCUT2D eigenvalue weighted by Gasteiger charge is 2.31. The minimum absolute atomic E-state index is 0.000494. The second-order valence-corrected chi connectivity index (χ2v) is 8.97. The van der Waals surface area contributed by atoms with E-state index in [9.17, 15) is 27.2 Å². The number of hydrogen-bond acceptors (Lipinski definition) is 5. The van der Waals surface area contributed by atoms with Gasteiger partial charge in [-0.25, -0.2) is 17.6 Å². The largest absolute Gasteiger partial charge is 0.340 e. The topological polar surface area (TPSA) is 98.5 Å². The summed E-state index contributed by atoms with van der Waals surface area (Å²) in [6, 6.07) is 6.72. The number of carbonyl (C=O) groups is 1. The molecule has 10 heteroatoms. The lowest BCUT2D eigenvalue weighted by molar-refractivity contribution is -0.129. The Balaban J connectivity index is 2.22. The van der Waals surface area contributed by atoms with Crippen molar-refractivity contribution < 1.29 is 17.6 Å².